The van der Waals surface area contributed by atoms with Crippen molar-refractivity contribution >= 4 is 17.9 Å². The van der Waals surface area contributed by atoms with E-state index < -0.39 is 0 Å². The highest BCUT2D eigenvalue weighted by molar-refractivity contribution is 6.10. The van der Waals surface area contributed by atoms with Gasteiger partial charge in [-0.2, -0.15) is 5.26 Å². The Morgan fingerprint density at radius 1 is 0.923 bits per heavy atom. The molecule has 0 aromatic heterocycles. The van der Waals surface area contributed by atoms with Crippen LogP contribution in [0, 0.1) is 17.2 Å². The lowest BCUT2D eigenvalue weighted by Gasteiger charge is -2.44. The number of nitriles is 1. The summed E-state index contributed by atoms with van der Waals surface area (Å²) in [6.45, 7) is 2.56. The fourth-order valence-corrected chi connectivity index (χ4v) is 4.88. The van der Waals surface area contributed by atoms with Crippen molar-refractivity contribution in [2.75, 3.05) is 6.61 Å². The zero-order chi connectivity index (χ0) is 27.2. The maximum Gasteiger partial charge on any atom is 0.261 e. The molecule has 4 aromatic carbocycles. The maximum absolute atomic E-state index is 13.5. The molecular weight excluding hydrogens is 484 g/mol. The number of nitrogens with zero attached hydrogens (tertiary/aromatic N) is 2. The van der Waals surface area contributed by atoms with Gasteiger partial charge in [0.2, 0.25) is 5.91 Å². The normalized spacial score (nSPS) is 16.5. The Kier molecular flexibility index (Phi) is 7.65. The molecule has 0 spiro atoms. The minimum atomic E-state index is -0.387. The number of amides is 2. The average Bonchev–Trinajstić information content (AvgIpc) is 2.99. The monoisotopic (exact) mass is 512 g/mol. The predicted molar refractivity (Wildman–Crippen MR) is 152 cm³/mol. The van der Waals surface area contributed by atoms with E-state index >= 15 is 0 Å². The van der Waals surface area contributed by atoms with Gasteiger partial charge in [-0.05, 0) is 72.0 Å². The zero-order valence-corrected chi connectivity index (χ0v) is 21.7. The number of likely N-dealkylation sites (tertiary alicyclic amines) is 1. The van der Waals surface area contributed by atoms with Crippen LogP contribution in [-0.4, -0.2) is 29.4 Å². The van der Waals surface area contributed by atoms with E-state index in [1.165, 1.54) is 4.90 Å². The van der Waals surface area contributed by atoms with Gasteiger partial charge in [-0.3, -0.25) is 14.5 Å². The number of carbonyl (C=O) groups excluding carboxylic acids is 2. The van der Waals surface area contributed by atoms with Gasteiger partial charge < -0.3 is 4.74 Å². The number of ether oxygens (including phenoxy) is 1. The number of carbonyl (C=O) groups is 2. The van der Waals surface area contributed by atoms with E-state index in [4.69, 9.17) is 4.74 Å². The first-order valence-corrected chi connectivity index (χ1v) is 13.0. The van der Waals surface area contributed by atoms with Crippen LogP contribution in [0.5, 0.6) is 5.75 Å². The molecule has 1 aliphatic rings. The van der Waals surface area contributed by atoms with Crippen LogP contribution in [0.2, 0.25) is 0 Å². The largest absolute Gasteiger partial charge is 0.494 e. The number of benzene rings is 4. The Labute approximate surface area is 228 Å². The summed E-state index contributed by atoms with van der Waals surface area (Å²) in [5.41, 5.74) is 4.89. The second-order valence-electron chi connectivity index (χ2n) is 9.43. The Morgan fingerprint density at radius 2 is 1.62 bits per heavy atom. The van der Waals surface area contributed by atoms with Crippen LogP contribution in [0.1, 0.15) is 34.0 Å². The van der Waals surface area contributed by atoms with Crippen LogP contribution >= 0.6 is 0 Å². The summed E-state index contributed by atoms with van der Waals surface area (Å²) in [7, 11) is 0. The summed E-state index contributed by atoms with van der Waals surface area (Å²) >= 11 is 0. The molecule has 0 bridgehead atoms. The number of imide groups is 1. The number of β-lactam (4-membered cyclic amide) rings is 1. The lowest BCUT2D eigenvalue weighted by Crippen LogP contribution is -2.62. The molecule has 0 unspecified atom stereocenters. The summed E-state index contributed by atoms with van der Waals surface area (Å²) in [5.74, 6) is -0.0949. The average molecular weight is 513 g/mol. The molecule has 1 fully saturated rings. The first-order chi connectivity index (χ1) is 19.1. The van der Waals surface area contributed by atoms with Crippen molar-refractivity contribution in [3.8, 4) is 22.9 Å². The van der Waals surface area contributed by atoms with Gasteiger partial charge in [0.05, 0.1) is 30.2 Å². The quantitative estimate of drug-likeness (QED) is 0.198. The standard InChI is InChI=1S/C34H28N2O3/c1-2-39-30-18-16-28(17-19-30)27-12-14-29(15-13-27)33(37)36-32(20-11-24-7-4-3-5-8-24)31(34(36)38)22-25-9-6-10-26(21-25)23-35/h3-21,31-32H,2,22H2,1H3/b20-11+/t31-,32-/m1/s1. The van der Waals surface area contributed by atoms with Crippen molar-refractivity contribution in [1.82, 2.24) is 4.90 Å². The molecular formula is C34H28N2O3. The van der Waals surface area contributed by atoms with E-state index in [0.29, 0.717) is 24.2 Å². The molecule has 5 rings (SSSR count). The van der Waals surface area contributed by atoms with Crippen molar-refractivity contribution in [3.63, 3.8) is 0 Å². The second kappa shape index (κ2) is 11.6. The fourth-order valence-electron chi connectivity index (χ4n) is 4.88. The van der Waals surface area contributed by atoms with Crippen molar-refractivity contribution in [2.24, 2.45) is 5.92 Å². The molecule has 4 aromatic rings. The van der Waals surface area contributed by atoms with E-state index in [2.05, 4.69) is 6.07 Å². The first kappa shape index (κ1) is 25.7. The highest BCUT2D eigenvalue weighted by atomic mass is 16.5. The molecule has 1 aliphatic heterocycles. The topological polar surface area (TPSA) is 70.4 Å². The Balaban J connectivity index is 1.37. The molecule has 1 saturated heterocycles. The van der Waals surface area contributed by atoms with Gasteiger partial charge in [-0.15, -0.1) is 0 Å². The van der Waals surface area contributed by atoms with E-state index in [1.807, 2.05) is 97.9 Å². The number of hydrogen-bond acceptors (Lipinski definition) is 4. The Morgan fingerprint density at radius 3 is 2.28 bits per heavy atom. The molecule has 5 heteroatoms. The second-order valence-corrected chi connectivity index (χ2v) is 9.43. The highest BCUT2D eigenvalue weighted by Gasteiger charge is 2.49. The van der Waals surface area contributed by atoms with E-state index in [-0.39, 0.29) is 23.8 Å². The molecule has 0 radical (unpaired) electrons. The van der Waals surface area contributed by atoms with Gasteiger partial charge >= 0.3 is 0 Å². The van der Waals surface area contributed by atoms with Crippen LogP contribution in [0.25, 0.3) is 17.2 Å². The summed E-state index contributed by atoms with van der Waals surface area (Å²) in [6, 6.07) is 34.0. The van der Waals surface area contributed by atoms with Crippen LogP contribution in [-0.2, 0) is 11.2 Å². The van der Waals surface area contributed by atoms with Crippen molar-refractivity contribution < 1.29 is 14.3 Å². The molecule has 2 amide bonds. The molecule has 0 saturated carbocycles. The highest BCUT2D eigenvalue weighted by Crippen LogP contribution is 2.34. The smallest absolute Gasteiger partial charge is 0.261 e. The Hall–Kier alpha value is -4.95. The van der Waals surface area contributed by atoms with Gasteiger partial charge in [0.1, 0.15) is 5.75 Å². The third kappa shape index (κ3) is 5.66. The van der Waals surface area contributed by atoms with Gasteiger partial charge in [0, 0.05) is 5.56 Å². The minimum Gasteiger partial charge on any atom is -0.494 e. The van der Waals surface area contributed by atoms with E-state index in [0.717, 1.165) is 28.0 Å². The van der Waals surface area contributed by atoms with Crippen molar-refractivity contribution in [3.05, 3.63) is 131 Å². The lowest BCUT2D eigenvalue weighted by molar-refractivity contribution is -0.147. The summed E-state index contributed by atoms with van der Waals surface area (Å²) in [5, 5.41) is 9.26. The van der Waals surface area contributed by atoms with Gasteiger partial charge in [0.25, 0.3) is 5.91 Å². The minimum absolute atomic E-state index is 0.208. The molecule has 2 atom stereocenters. The molecule has 192 valence electrons. The third-order valence-corrected chi connectivity index (χ3v) is 6.91. The van der Waals surface area contributed by atoms with Gasteiger partial charge in [-0.25, -0.2) is 0 Å². The summed E-state index contributed by atoms with van der Waals surface area (Å²) < 4.78 is 5.52. The molecule has 0 N–H and O–H groups in total. The van der Waals surface area contributed by atoms with E-state index in [9.17, 15) is 14.9 Å². The maximum atomic E-state index is 13.5. The lowest BCUT2D eigenvalue weighted by atomic mass is 9.81. The van der Waals surface area contributed by atoms with Crippen LogP contribution < -0.4 is 4.74 Å². The Bertz CT molecular complexity index is 1530. The molecule has 0 aliphatic carbocycles. The number of rotatable bonds is 8. The van der Waals surface area contributed by atoms with Crippen LogP contribution in [0.4, 0.5) is 0 Å². The first-order valence-electron chi connectivity index (χ1n) is 13.0. The van der Waals surface area contributed by atoms with Crippen molar-refractivity contribution in [1.29, 1.82) is 5.26 Å². The summed E-state index contributed by atoms with van der Waals surface area (Å²) in [6.07, 6.45) is 4.34. The van der Waals surface area contributed by atoms with E-state index in [1.54, 1.807) is 24.3 Å². The fraction of sp³-hybridized carbons (Fsp3) is 0.147. The predicted octanol–water partition coefficient (Wildman–Crippen LogP) is 6.55. The van der Waals surface area contributed by atoms with Crippen LogP contribution in [0.3, 0.4) is 0 Å². The summed E-state index contributed by atoms with van der Waals surface area (Å²) in [4.78, 5) is 28.2. The number of hydrogen-bond donors (Lipinski definition) is 0. The molecule has 1 heterocycles. The molecule has 39 heavy (non-hydrogen) atoms. The van der Waals surface area contributed by atoms with Gasteiger partial charge in [-0.1, -0.05) is 78.9 Å². The molecule has 5 nitrogen and oxygen atoms in total. The van der Waals surface area contributed by atoms with Crippen molar-refractivity contribution in [2.45, 2.75) is 19.4 Å². The SMILES string of the molecule is CCOc1ccc(-c2ccc(C(=O)N3C(=O)[C@H](Cc4cccc(C#N)c4)[C@H]3/C=C/c3ccccc3)cc2)cc1. The van der Waals surface area contributed by atoms with Gasteiger partial charge in [0.15, 0.2) is 0 Å². The third-order valence-electron chi connectivity index (χ3n) is 6.91. The van der Waals surface area contributed by atoms with Crippen LogP contribution in [0.15, 0.2) is 109 Å². The zero-order valence-electron chi connectivity index (χ0n) is 21.7.